The van der Waals surface area contributed by atoms with Crippen LogP contribution in [0.5, 0.6) is 0 Å². The van der Waals surface area contributed by atoms with Crippen molar-refractivity contribution in [3.8, 4) is 0 Å². The van der Waals surface area contributed by atoms with Crippen LogP contribution in [0.2, 0.25) is 0 Å². The van der Waals surface area contributed by atoms with Crippen molar-refractivity contribution in [1.29, 1.82) is 0 Å². The maximum Gasteiger partial charge on any atom is 0.204 e. The van der Waals surface area contributed by atoms with E-state index in [1.54, 1.807) is 0 Å². The SMILES string of the molecule is CCc1ccc(CNc2nc3ccccc3n2CCN(CC)CC)cc1.Cl.Cl. The second-order valence-corrected chi connectivity index (χ2v) is 6.63. The number of rotatable bonds is 9. The Hall–Kier alpha value is -1.75. The fourth-order valence-electron chi connectivity index (χ4n) is 3.29. The minimum absolute atomic E-state index is 0. The molecule has 2 aromatic carbocycles. The second-order valence-electron chi connectivity index (χ2n) is 6.63. The third-order valence-corrected chi connectivity index (χ3v) is 5.07. The summed E-state index contributed by atoms with van der Waals surface area (Å²) in [6.45, 7) is 11.5. The monoisotopic (exact) mass is 422 g/mol. The van der Waals surface area contributed by atoms with Crippen molar-refractivity contribution >= 4 is 41.8 Å². The van der Waals surface area contributed by atoms with E-state index in [1.807, 2.05) is 0 Å². The van der Waals surface area contributed by atoms with Crippen LogP contribution in [-0.4, -0.2) is 34.1 Å². The van der Waals surface area contributed by atoms with Crippen LogP contribution in [0.3, 0.4) is 0 Å². The van der Waals surface area contributed by atoms with Crippen LogP contribution in [0.1, 0.15) is 31.9 Å². The molecule has 0 fully saturated rings. The standard InChI is InChI=1S/C22H30N4.2ClH/c1-4-18-11-13-19(14-12-18)17-23-22-24-20-9-7-8-10-21(20)26(22)16-15-25(5-2)6-3;;/h7-14H,4-6,15-17H2,1-3H3,(H,23,24);2*1H. The molecule has 0 bridgehead atoms. The molecule has 154 valence electrons. The van der Waals surface area contributed by atoms with E-state index >= 15 is 0 Å². The number of imidazole rings is 1. The molecule has 0 aliphatic carbocycles. The van der Waals surface area contributed by atoms with E-state index in [0.717, 1.165) is 50.6 Å². The number of para-hydroxylation sites is 2. The van der Waals surface area contributed by atoms with Gasteiger partial charge in [0.2, 0.25) is 5.95 Å². The first-order valence-electron chi connectivity index (χ1n) is 9.74. The molecule has 3 rings (SSSR count). The summed E-state index contributed by atoms with van der Waals surface area (Å²) >= 11 is 0. The quantitative estimate of drug-likeness (QED) is 0.501. The van der Waals surface area contributed by atoms with Gasteiger partial charge in [0.15, 0.2) is 0 Å². The van der Waals surface area contributed by atoms with Gasteiger partial charge in [-0.1, -0.05) is 57.2 Å². The highest BCUT2D eigenvalue weighted by Crippen LogP contribution is 2.20. The van der Waals surface area contributed by atoms with Crippen LogP contribution in [0.15, 0.2) is 48.5 Å². The first kappa shape index (κ1) is 24.3. The predicted molar refractivity (Wildman–Crippen MR) is 125 cm³/mol. The summed E-state index contributed by atoms with van der Waals surface area (Å²) in [6, 6.07) is 17.2. The number of aromatic nitrogens is 2. The molecule has 0 unspecified atom stereocenters. The smallest absolute Gasteiger partial charge is 0.204 e. The van der Waals surface area contributed by atoms with E-state index in [9.17, 15) is 0 Å². The van der Waals surface area contributed by atoms with Gasteiger partial charge in [0.25, 0.3) is 0 Å². The lowest BCUT2D eigenvalue weighted by Gasteiger charge is -2.19. The molecule has 6 heteroatoms. The number of nitrogens with zero attached hydrogens (tertiary/aromatic N) is 3. The molecule has 1 aromatic heterocycles. The maximum absolute atomic E-state index is 4.82. The van der Waals surface area contributed by atoms with E-state index < -0.39 is 0 Å². The van der Waals surface area contributed by atoms with E-state index in [1.165, 1.54) is 16.6 Å². The number of nitrogens with one attached hydrogen (secondary N) is 1. The Bertz CT molecular complexity index is 826. The topological polar surface area (TPSA) is 33.1 Å². The zero-order valence-electron chi connectivity index (χ0n) is 17.0. The van der Waals surface area contributed by atoms with Gasteiger partial charge in [-0.2, -0.15) is 0 Å². The van der Waals surface area contributed by atoms with Crippen molar-refractivity contribution in [2.45, 2.75) is 40.3 Å². The van der Waals surface area contributed by atoms with Gasteiger partial charge in [-0.15, -0.1) is 24.8 Å². The number of halogens is 2. The van der Waals surface area contributed by atoms with Crippen molar-refractivity contribution in [2.75, 3.05) is 25.0 Å². The van der Waals surface area contributed by atoms with Crippen LogP contribution in [0.4, 0.5) is 5.95 Å². The molecule has 0 aliphatic rings. The van der Waals surface area contributed by atoms with Crippen molar-refractivity contribution in [2.24, 2.45) is 0 Å². The number of hydrogen-bond acceptors (Lipinski definition) is 3. The molecule has 0 aliphatic heterocycles. The first-order valence-corrected chi connectivity index (χ1v) is 9.74. The summed E-state index contributed by atoms with van der Waals surface area (Å²) in [4.78, 5) is 7.27. The molecule has 28 heavy (non-hydrogen) atoms. The Morgan fingerprint density at radius 3 is 2.18 bits per heavy atom. The summed E-state index contributed by atoms with van der Waals surface area (Å²) in [7, 11) is 0. The summed E-state index contributed by atoms with van der Waals surface area (Å²) in [5.41, 5.74) is 4.91. The van der Waals surface area contributed by atoms with Gasteiger partial charge in [0.05, 0.1) is 11.0 Å². The molecule has 3 aromatic rings. The molecular weight excluding hydrogens is 391 g/mol. The largest absolute Gasteiger partial charge is 0.352 e. The molecule has 1 heterocycles. The third kappa shape index (κ3) is 5.87. The minimum Gasteiger partial charge on any atom is -0.352 e. The van der Waals surface area contributed by atoms with Crippen molar-refractivity contribution in [1.82, 2.24) is 14.5 Å². The Morgan fingerprint density at radius 2 is 1.54 bits per heavy atom. The summed E-state index contributed by atoms with van der Waals surface area (Å²) in [5.74, 6) is 0.956. The zero-order valence-corrected chi connectivity index (χ0v) is 18.7. The highest BCUT2D eigenvalue weighted by atomic mass is 35.5. The molecule has 0 spiro atoms. The van der Waals surface area contributed by atoms with Gasteiger partial charge < -0.3 is 14.8 Å². The van der Waals surface area contributed by atoms with E-state index in [0.29, 0.717) is 0 Å². The zero-order chi connectivity index (χ0) is 18.4. The van der Waals surface area contributed by atoms with Gasteiger partial charge in [-0.05, 0) is 42.8 Å². The van der Waals surface area contributed by atoms with Gasteiger partial charge in [-0.25, -0.2) is 4.98 Å². The molecular formula is C22H32Cl2N4. The average Bonchev–Trinajstić information content (AvgIpc) is 3.05. The highest BCUT2D eigenvalue weighted by molar-refractivity contribution is 5.85. The molecule has 0 atom stereocenters. The lowest BCUT2D eigenvalue weighted by molar-refractivity contribution is 0.292. The normalized spacial score (nSPS) is 10.6. The van der Waals surface area contributed by atoms with Gasteiger partial charge in [-0.3, -0.25) is 0 Å². The van der Waals surface area contributed by atoms with Crippen LogP contribution in [-0.2, 0) is 19.5 Å². The maximum atomic E-state index is 4.82. The van der Waals surface area contributed by atoms with Crippen molar-refractivity contribution in [3.63, 3.8) is 0 Å². The number of hydrogen-bond donors (Lipinski definition) is 1. The molecule has 1 N–H and O–H groups in total. The Kier molecular flexibility index (Phi) is 10.4. The van der Waals surface area contributed by atoms with Gasteiger partial charge in [0.1, 0.15) is 0 Å². The Morgan fingerprint density at radius 1 is 0.893 bits per heavy atom. The molecule has 4 nitrogen and oxygen atoms in total. The van der Waals surface area contributed by atoms with Crippen molar-refractivity contribution < 1.29 is 0 Å². The Balaban J connectivity index is 0.00000196. The van der Waals surface area contributed by atoms with Crippen molar-refractivity contribution in [3.05, 3.63) is 59.7 Å². The number of aryl methyl sites for hydroxylation is 1. The number of benzene rings is 2. The summed E-state index contributed by atoms with van der Waals surface area (Å²) in [6.07, 6.45) is 1.08. The minimum atomic E-state index is 0. The first-order chi connectivity index (χ1) is 12.7. The average molecular weight is 423 g/mol. The van der Waals surface area contributed by atoms with Gasteiger partial charge in [0, 0.05) is 19.6 Å². The second kappa shape index (κ2) is 11.9. The fourth-order valence-corrected chi connectivity index (χ4v) is 3.29. The third-order valence-electron chi connectivity index (χ3n) is 5.07. The number of anilines is 1. The predicted octanol–water partition coefficient (Wildman–Crippen LogP) is 5.40. The fraction of sp³-hybridized carbons (Fsp3) is 0.409. The van der Waals surface area contributed by atoms with Crippen LogP contribution in [0.25, 0.3) is 11.0 Å². The van der Waals surface area contributed by atoms with E-state index in [-0.39, 0.29) is 24.8 Å². The van der Waals surface area contributed by atoms with Crippen LogP contribution >= 0.6 is 24.8 Å². The Labute approximate surface area is 181 Å². The molecule has 0 saturated heterocycles. The van der Waals surface area contributed by atoms with Crippen LogP contribution < -0.4 is 5.32 Å². The van der Waals surface area contributed by atoms with E-state index in [2.05, 4.69) is 84.1 Å². The summed E-state index contributed by atoms with van der Waals surface area (Å²) in [5, 5.41) is 3.55. The number of fused-ring (bicyclic) bond motifs is 1. The lowest BCUT2D eigenvalue weighted by Crippen LogP contribution is -2.27. The molecule has 0 amide bonds. The van der Waals surface area contributed by atoms with Gasteiger partial charge >= 0.3 is 0 Å². The highest BCUT2D eigenvalue weighted by Gasteiger charge is 2.11. The number of likely N-dealkylation sites (N-methyl/N-ethyl adjacent to an activating group) is 1. The van der Waals surface area contributed by atoms with Crippen LogP contribution in [0, 0.1) is 0 Å². The molecule has 0 saturated carbocycles. The molecule has 0 radical (unpaired) electrons. The summed E-state index contributed by atoms with van der Waals surface area (Å²) < 4.78 is 2.31. The lowest BCUT2D eigenvalue weighted by atomic mass is 10.1. The van der Waals surface area contributed by atoms with E-state index in [4.69, 9.17) is 4.98 Å².